The number of methoxy groups -OCH3 is 1. The number of hydrogen-bond acceptors (Lipinski definition) is 4. The largest absolute Gasteiger partial charge is 0.493 e. The maximum atomic E-state index is 9.70. The zero-order chi connectivity index (χ0) is 19.6. The van der Waals surface area contributed by atoms with Gasteiger partial charge in [-0.15, -0.1) is 0 Å². The molecule has 1 aromatic heterocycles. The Hall–Kier alpha value is -2.97. The molecule has 0 unspecified atom stereocenters. The average molecular weight is 382 g/mol. The molecule has 0 aliphatic heterocycles. The average Bonchev–Trinajstić information content (AvgIpc) is 2.98. The Balaban J connectivity index is 2.09. The van der Waals surface area contributed by atoms with E-state index in [2.05, 4.69) is 11.1 Å². The van der Waals surface area contributed by atoms with Crippen LogP contribution in [-0.2, 0) is 7.05 Å². The molecule has 0 aliphatic carbocycles. The third kappa shape index (κ3) is 3.76. The van der Waals surface area contributed by atoms with Crippen molar-refractivity contribution in [2.75, 3.05) is 7.11 Å². The molecule has 5 nitrogen and oxygen atoms in total. The molecule has 2 aromatic carbocycles. The van der Waals surface area contributed by atoms with E-state index in [-0.39, 0.29) is 6.10 Å². The van der Waals surface area contributed by atoms with Crippen molar-refractivity contribution in [3.8, 4) is 17.6 Å². The van der Waals surface area contributed by atoms with Gasteiger partial charge in [0.2, 0.25) is 0 Å². The van der Waals surface area contributed by atoms with E-state index in [1.807, 2.05) is 49.7 Å². The smallest absolute Gasteiger partial charge is 0.180 e. The molecule has 1 heterocycles. The minimum absolute atomic E-state index is 0.0348. The summed E-state index contributed by atoms with van der Waals surface area (Å²) in [5, 5.41) is 10.1. The number of ether oxygens (including phenoxy) is 2. The van der Waals surface area contributed by atoms with E-state index in [9.17, 15) is 5.26 Å². The molecule has 0 spiro atoms. The SMILES string of the molecule is COc1cc(C=C(C#N)c2nc3ccccc3n2C)cc(Cl)c1OC(C)C. The van der Waals surface area contributed by atoms with Gasteiger partial charge in [0.25, 0.3) is 0 Å². The number of allylic oxidation sites excluding steroid dienone is 1. The Morgan fingerprint density at radius 2 is 2.04 bits per heavy atom. The van der Waals surface area contributed by atoms with Gasteiger partial charge in [0, 0.05) is 7.05 Å². The van der Waals surface area contributed by atoms with Crippen molar-refractivity contribution in [3.05, 3.63) is 52.8 Å². The van der Waals surface area contributed by atoms with Crippen LogP contribution in [0.2, 0.25) is 5.02 Å². The minimum atomic E-state index is -0.0348. The van der Waals surface area contributed by atoms with Crippen molar-refractivity contribution in [1.29, 1.82) is 5.26 Å². The zero-order valence-electron chi connectivity index (χ0n) is 15.7. The Kier molecular flexibility index (Phi) is 5.38. The Labute approximate surface area is 163 Å². The second-order valence-electron chi connectivity index (χ2n) is 6.35. The van der Waals surface area contributed by atoms with Gasteiger partial charge in [0.1, 0.15) is 6.07 Å². The molecule has 0 saturated carbocycles. The molecule has 6 heteroatoms. The Bertz CT molecular complexity index is 1060. The number of nitrogens with zero attached hydrogens (tertiary/aromatic N) is 3. The molecule has 0 bridgehead atoms. The second kappa shape index (κ2) is 7.73. The number of imidazole rings is 1. The van der Waals surface area contributed by atoms with Gasteiger partial charge in [-0.05, 0) is 49.8 Å². The number of aromatic nitrogens is 2. The lowest BCUT2D eigenvalue weighted by molar-refractivity contribution is 0.230. The summed E-state index contributed by atoms with van der Waals surface area (Å²) in [6.45, 7) is 3.84. The van der Waals surface area contributed by atoms with Gasteiger partial charge in [-0.25, -0.2) is 4.98 Å². The van der Waals surface area contributed by atoms with Crippen molar-refractivity contribution in [1.82, 2.24) is 9.55 Å². The summed E-state index contributed by atoms with van der Waals surface area (Å²) in [5.41, 5.74) is 2.97. The van der Waals surface area contributed by atoms with Crippen LogP contribution in [0.15, 0.2) is 36.4 Å². The number of nitriles is 1. The highest BCUT2D eigenvalue weighted by molar-refractivity contribution is 6.32. The summed E-state index contributed by atoms with van der Waals surface area (Å²) in [6, 6.07) is 13.5. The van der Waals surface area contributed by atoms with Gasteiger partial charge in [-0.2, -0.15) is 5.26 Å². The van der Waals surface area contributed by atoms with E-state index >= 15 is 0 Å². The molecule has 0 saturated heterocycles. The van der Waals surface area contributed by atoms with Gasteiger partial charge < -0.3 is 14.0 Å². The molecule has 0 radical (unpaired) electrons. The van der Waals surface area contributed by atoms with Gasteiger partial charge in [0.15, 0.2) is 17.3 Å². The molecular weight excluding hydrogens is 362 g/mol. The van der Waals surface area contributed by atoms with Crippen LogP contribution in [0.25, 0.3) is 22.7 Å². The van der Waals surface area contributed by atoms with Crippen molar-refractivity contribution < 1.29 is 9.47 Å². The highest BCUT2D eigenvalue weighted by atomic mass is 35.5. The Morgan fingerprint density at radius 1 is 1.30 bits per heavy atom. The fourth-order valence-corrected chi connectivity index (χ4v) is 3.14. The summed E-state index contributed by atoms with van der Waals surface area (Å²) in [6.07, 6.45) is 1.71. The van der Waals surface area contributed by atoms with Crippen molar-refractivity contribution >= 4 is 34.3 Å². The lowest BCUT2D eigenvalue weighted by atomic mass is 10.1. The van der Waals surface area contributed by atoms with E-state index in [1.54, 1.807) is 25.3 Å². The number of benzene rings is 2. The van der Waals surface area contributed by atoms with Gasteiger partial charge in [0.05, 0.1) is 34.8 Å². The lowest BCUT2D eigenvalue weighted by Crippen LogP contribution is -2.07. The van der Waals surface area contributed by atoms with E-state index in [0.717, 1.165) is 16.6 Å². The first-order chi connectivity index (χ1) is 12.9. The van der Waals surface area contributed by atoms with E-state index in [1.165, 1.54) is 0 Å². The third-order valence-corrected chi connectivity index (χ3v) is 4.35. The summed E-state index contributed by atoms with van der Waals surface area (Å²) in [4.78, 5) is 4.58. The maximum absolute atomic E-state index is 9.70. The van der Waals surface area contributed by atoms with Gasteiger partial charge >= 0.3 is 0 Å². The number of para-hydroxylation sites is 2. The zero-order valence-corrected chi connectivity index (χ0v) is 16.4. The molecule has 0 aliphatic rings. The number of aryl methyl sites for hydroxylation is 1. The van der Waals surface area contributed by atoms with Crippen LogP contribution >= 0.6 is 11.6 Å². The third-order valence-electron chi connectivity index (χ3n) is 4.06. The van der Waals surface area contributed by atoms with Crippen molar-refractivity contribution in [2.45, 2.75) is 20.0 Å². The lowest BCUT2D eigenvalue weighted by Gasteiger charge is -2.15. The first-order valence-electron chi connectivity index (χ1n) is 8.52. The first kappa shape index (κ1) is 18.8. The molecule has 3 rings (SSSR count). The van der Waals surface area contributed by atoms with Crippen LogP contribution < -0.4 is 9.47 Å². The van der Waals surface area contributed by atoms with Crippen LogP contribution in [0.5, 0.6) is 11.5 Å². The molecule has 3 aromatic rings. The Morgan fingerprint density at radius 3 is 2.67 bits per heavy atom. The van der Waals surface area contributed by atoms with Crippen LogP contribution in [-0.4, -0.2) is 22.8 Å². The molecular formula is C21H20ClN3O2. The van der Waals surface area contributed by atoms with Crippen LogP contribution in [0.1, 0.15) is 25.2 Å². The quantitative estimate of drug-likeness (QED) is 0.578. The normalized spacial score (nSPS) is 11.7. The molecule has 0 amide bonds. The van der Waals surface area contributed by atoms with Crippen LogP contribution in [0.4, 0.5) is 0 Å². The summed E-state index contributed by atoms with van der Waals surface area (Å²) >= 11 is 6.39. The standard InChI is InChI=1S/C21H20ClN3O2/c1-13(2)27-20-16(22)10-14(11-19(20)26-4)9-15(12-23)21-24-17-7-5-6-8-18(17)25(21)3/h5-11,13H,1-4H3. The van der Waals surface area contributed by atoms with E-state index in [4.69, 9.17) is 21.1 Å². The fraction of sp³-hybridized carbons (Fsp3) is 0.238. The van der Waals surface area contributed by atoms with Crippen LogP contribution in [0.3, 0.4) is 0 Å². The number of hydrogen-bond donors (Lipinski definition) is 0. The molecule has 27 heavy (non-hydrogen) atoms. The number of fused-ring (bicyclic) bond motifs is 1. The topological polar surface area (TPSA) is 60.1 Å². The molecule has 138 valence electrons. The van der Waals surface area contributed by atoms with Gasteiger partial charge in [-0.1, -0.05) is 23.7 Å². The van der Waals surface area contributed by atoms with Crippen molar-refractivity contribution in [2.24, 2.45) is 7.05 Å². The van der Waals surface area contributed by atoms with E-state index < -0.39 is 0 Å². The fourth-order valence-electron chi connectivity index (χ4n) is 2.87. The predicted octanol–water partition coefficient (Wildman–Crippen LogP) is 5.09. The molecule has 0 N–H and O–H groups in total. The monoisotopic (exact) mass is 381 g/mol. The first-order valence-corrected chi connectivity index (χ1v) is 8.90. The second-order valence-corrected chi connectivity index (χ2v) is 6.76. The summed E-state index contributed by atoms with van der Waals surface area (Å²) in [5.74, 6) is 1.61. The minimum Gasteiger partial charge on any atom is -0.493 e. The number of halogens is 1. The van der Waals surface area contributed by atoms with Crippen molar-refractivity contribution in [3.63, 3.8) is 0 Å². The van der Waals surface area contributed by atoms with Gasteiger partial charge in [-0.3, -0.25) is 0 Å². The van der Waals surface area contributed by atoms with E-state index in [0.29, 0.717) is 27.9 Å². The highest BCUT2D eigenvalue weighted by Crippen LogP contribution is 2.38. The predicted molar refractivity (Wildman–Crippen MR) is 108 cm³/mol. The number of rotatable bonds is 5. The van der Waals surface area contributed by atoms with Crippen LogP contribution in [0, 0.1) is 11.3 Å². The highest BCUT2D eigenvalue weighted by Gasteiger charge is 2.15. The maximum Gasteiger partial charge on any atom is 0.180 e. The summed E-state index contributed by atoms with van der Waals surface area (Å²) in [7, 11) is 3.45. The molecule has 0 fully saturated rings. The summed E-state index contributed by atoms with van der Waals surface area (Å²) < 4.78 is 13.1. The molecule has 0 atom stereocenters.